The van der Waals surface area contributed by atoms with Gasteiger partial charge in [0.1, 0.15) is 5.75 Å². The van der Waals surface area contributed by atoms with E-state index in [4.69, 9.17) is 14.2 Å². The van der Waals surface area contributed by atoms with Crippen LogP contribution in [0.3, 0.4) is 0 Å². The molecule has 0 bridgehead atoms. The zero-order valence-electron chi connectivity index (χ0n) is 12.3. The molecule has 0 aromatic heterocycles. The third-order valence-electron chi connectivity index (χ3n) is 3.35. The monoisotopic (exact) mass is 299 g/mol. The molecule has 0 saturated carbocycles. The van der Waals surface area contributed by atoms with Crippen molar-refractivity contribution in [2.45, 2.75) is 13.5 Å². The predicted octanol–water partition coefficient (Wildman–Crippen LogP) is 2.74. The number of carbonyl (C=O) groups excluding carboxylic acids is 1. The number of nitrogens with one attached hydrogen (secondary N) is 1. The molecule has 3 rings (SSSR count). The second-order valence-electron chi connectivity index (χ2n) is 4.79. The Morgan fingerprint density at radius 2 is 2.00 bits per heavy atom. The van der Waals surface area contributed by atoms with Gasteiger partial charge in [-0.15, -0.1) is 0 Å². The Bertz CT molecular complexity index is 684. The number of ether oxygens (including phenoxy) is 3. The van der Waals surface area contributed by atoms with Crippen LogP contribution in [-0.2, 0) is 6.54 Å². The molecule has 0 fully saturated rings. The maximum Gasteiger partial charge on any atom is 0.251 e. The first kappa shape index (κ1) is 14.3. The van der Waals surface area contributed by atoms with Gasteiger partial charge in [0.2, 0.25) is 6.79 Å². The highest BCUT2D eigenvalue weighted by Crippen LogP contribution is 2.32. The Morgan fingerprint density at radius 1 is 1.18 bits per heavy atom. The average molecular weight is 299 g/mol. The molecule has 5 nitrogen and oxygen atoms in total. The summed E-state index contributed by atoms with van der Waals surface area (Å²) in [6.07, 6.45) is 0. The van der Waals surface area contributed by atoms with E-state index in [9.17, 15) is 4.79 Å². The summed E-state index contributed by atoms with van der Waals surface area (Å²) in [5.41, 5.74) is 1.48. The number of rotatable bonds is 5. The summed E-state index contributed by atoms with van der Waals surface area (Å²) in [7, 11) is 0. The largest absolute Gasteiger partial charge is 0.494 e. The Balaban J connectivity index is 1.68. The van der Waals surface area contributed by atoms with E-state index < -0.39 is 0 Å². The van der Waals surface area contributed by atoms with E-state index in [1.54, 1.807) is 18.2 Å². The molecule has 2 aromatic carbocycles. The maximum atomic E-state index is 12.2. The fraction of sp³-hybridized carbons (Fsp3) is 0.235. The highest BCUT2D eigenvalue weighted by atomic mass is 16.7. The van der Waals surface area contributed by atoms with E-state index in [0.29, 0.717) is 30.2 Å². The van der Waals surface area contributed by atoms with Crippen molar-refractivity contribution in [2.75, 3.05) is 13.4 Å². The number of amides is 1. The van der Waals surface area contributed by atoms with Crippen LogP contribution in [-0.4, -0.2) is 19.3 Å². The van der Waals surface area contributed by atoms with Crippen LogP contribution in [0.15, 0.2) is 42.5 Å². The molecule has 0 radical (unpaired) electrons. The van der Waals surface area contributed by atoms with Gasteiger partial charge in [0, 0.05) is 17.7 Å². The predicted molar refractivity (Wildman–Crippen MR) is 81.3 cm³/mol. The lowest BCUT2D eigenvalue weighted by atomic mass is 10.1. The van der Waals surface area contributed by atoms with Gasteiger partial charge in [-0.3, -0.25) is 4.79 Å². The first-order valence-corrected chi connectivity index (χ1v) is 7.16. The summed E-state index contributed by atoms with van der Waals surface area (Å²) in [5.74, 6) is 1.89. The molecule has 1 amide bonds. The highest BCUT2D eigenvalue weighted by molar-refractivity contribution is 5.94. The number of hydrogen-bond donors (Lipinski definition) is 1. The number of fused-ring (bicyclic) bond motifs is 1. The smallest absolute Gasteiger partial charge is 0.251 e. The molecule has 0 unspecified atom stereocenters. The van der Waals surface area contributed by atoms with Crippen LogP contribution in [0.4, 0.5) is 0 Å². The minimum Gasteiger partial charge on any atom is -0.494 e. The molecule has 1 N–H and O–H groups in total. The summed E-state index contributed by atoms with van der Waals surface area (Å²) in [4.78, 5) is 12.2. The summed E-state index contributed by atoms with van der Waals surface area (Å²) in [5, 5.41) is 2.89. The van der Waals surface area contributed by atoms with Gasteiger partial charge in [-0.2, -0.15) is 0 Å². The van der Waals surface area contributed by atoms with Gasteiger partial charge in [-0.1, -0.05) is 18.2 Å². The van der Waals surface area contributed by atoms with E-state index in [1.165, 1.54) is 0 Å². The Morgan fingerprint density at radius 3 is 2.86 bits per heavy atom. The van der Waals surface area contributed by atoms with Crippen LogP contribution in [0.5, 0.6) is 17.2 Å². The molecule has 1 aliphatic heterocycles. The molecular formula is C17H17NO4. The van der Waals surface area contributed by atoms with Gasteiger partial charge in [0.15, 0.2) is 11.5 Å². The van der Waals surface area contributed by atoms with Crippen LogP contribution in [0.1, 0.15) is 22.8 Å². The lowest BCUT2D eigenvalue weighted by molar-refractivity contribution is 0.0950. The molecule has 5 heteroatoms. The second kappa shape index (κ2) is 6.39. The van der Waals surface area contributed by atoms with Gasteiger partial charge >= 0.3 is 0 Å². The van der Waals surface area contributed by atoms with E-state index in [2.05, 4.69) is 5.32 Å². The van der Waals surface area contributed by atoms with Crippen molar-refractivity contribution in [3.63, 3.8) is 0 Å². The summed E-state index contributed by atoms with van der Waals surface area (Å²) in [6, 6.07) is 12.8. The third kappa shape index (κ3) is 2.98. The lowest BCUT2D eigenvalue weighted by Gasteiger charge is -2.11. The van der Waals surface area contributed by atoms with Crippen LogP contribution < -0.4 is 19.5 Å². The summed E-state index contributed by atoms with van der Waals surface area (Å²) < 4.78 is 16.1. The Labute approximate surface area is 128 Å². The van der Waals surface area contributed by atoms with Crippen LogP contribution in [0.2, 0.25) is 0 Å². The highest BCUT2D eigenvalue weighted by Gasteiger charge is 2.16. The number of hydrogen-bond acceptors (Lipinski definition) is 4. The zero-order chi connectivity index (χ0) is 15.4. The van der Waals surface area contributed by atoms with Gasteiger partial charge in [0.25, 0.3) is 5.91 Å². The van der Waals surface area contributed by atoms with Gasteiger partial charge in [-0.25, -0.2) is 0 Å². The van der Waals surface area contributed by atoms with E-state index in [-0.39, 0.29) is 12.7 Å². The Kier molecular flexibility index (Phi) is 4.14. The molecule has 0 aliphatic carbocycles. The lowest BCUT2D eigenvalue weighted by Crippen LogP contribution is -2.23. The van der Waals surface area contributed by atoms with Crippen molar-refractivity contribution in [3.05, 3.63) is 53.6 Å². The molecular weight excluding hydrogens is 282 g/mol. The normalized spacial score (nSPS) is 12.0. The third-order valence-corrected chi connectivity index (χ3v) is 3.35. The van der Waals surface area contributed by atoms with Gasteiger partial charge in [0.05, 0.1) is 6.61 Å². The first-order valence-electron chi connectivity index (χ1n) is 7.16. The molecule has 2 aromatic rings. The van der Waals surface area contributed by atoms with Crippen molar-refractivity contribution in [2.24, 2.45) is 0 Å². The zero-order valence-corrected chi connectivity index (χ0v) is 12.3. The topological polar surface area (TPSA) is 56.8 Å². The van der Waals surface area contributed by atoms with Crippen molar-refractivity contribution in [3.8, 4) is 17.2 Å². The quantitative estimate of drug-likeness (QED) is 0.922. The van der Waals surface area contributed by atoms with E-state index in [0.717, 1.165) is 11.3 Å². The van der Waals surface area contributed by atoms with Crippen LogP contribution in [0, 0.1) is 0 Å². The SMILES string of the molecule is CCOc1ccccc1CNC(=O)c1ccc2c(c1)OCO2. The average Bonchev–Trinajstić information content (AvgIpc) is 3.01. The fourth-order valence-corrected chi connectivity index (χ4v) is 2.26. The Hall–Kier alpha value is -2.69. The minimum absolute atomic E-state index is 0.162. The minimum atomic E-state index is -0.162. The second-order valence-corrected chi connectivity index (χ2v) is 4.79. The first-order chi connectivity index (χ1) is 10.8. The standard InChI is InChI=1S/C17H17NO4/c1-2-20-14-6-4-3-5-13(14)10-18-17(19)12-7-8-15-16(9-12)22-11-21-15/h3-9H,2,10-11H2,1H3,(H,18,19). The molecule has 0 spiro atoms. The molecule has 1 aliphatic rings. The molecule has 114 valence electrons. The number of benzene rings is 2. The van der Waals surface area contributed by atoms with E-state index >= 15 is 0 Å². The van der Waals surface area contributed by atoms with Crippen molar-refractivity contribution < 1.29 is 19.0 Å². The molecule has 0 saturated heterocycles. The van der Waals surface area contributed by atoms with Gasteiger partial charge < -0.3 is 19.5 Å². The van der Waals surface area contributed by atoms with Crippen LogP contribution >= 0.6 is 0 Å². The summed E-state index contributed by atoms with van der Waals surface area (Å²) >= 11 is 0. The number of carbonyl (C=O) groups is 1. The van der Waals surface area contributed by atoms with Crippen molar-refractivity contribution >= 4 is 5.91 Å². The fourth-order valence-electron chi connectivity index (χ4n) is 2.26. The van der Waals surface area contributed by atoms with Crippen molar-refractivity contribution in [1.29, 1.82) is 0 Å². The number of para-hydroxylation sites is 1. The van der Waals surface area contributed by atoms with Crippen LogP contribution in [0.25, 0.3) is 0 Å². The van der Waals surface area contributed by atoms with E-state index in [1.807, 2.05) is 31.2 Å². The summed E-state index contributed by atoms with van der Waals surface area (Å²) in [6.45, 7) is 3.13. The molecule has 22 heavy (non-hydrogen) atoms. The van der Waals surface area contributed by atoms with Crippen molar-refractivity contribution in [1.82, 2.24) is 5.32 Å². The molecule has 0 atom stereocenters. The molecule has 1 heterocycles. The van der Waals surface area contributed by atoms with Gasteiger partial charge in [-0.05, 0) is 31.2 Å². The maximum absolute atomic E-state index is 12.2.